The minimum atomic E-state index is -1.18. The second kappa shape index (κ2) is 4.34. The number of hydrogen-bond acceptors (Lipinski definition) is 3. The number of aromatic carboxylic acids is 1. The summed E-state index contributed by atoms with van der Waals surface area (Å²) in [6, 6.07) is 9.17. The standard InChI is InChI=1S/C14H10FN3O2/c15-10-4-2-1-3-9(10)13-17-12(14(19)20)11-7-8(16)5-6-18(11)13/h1-7H,16H2,(H,19,20). The van der Waals surface area contributed by atoms with Crippen LogP contribution in [0.25, 0.3) is 16.9 Å². The van der Waals surface area contributed by atoms with Gasteiger partial charge in [-0.1, -0.05) is 12.1 Å². The largest absolute Gasteiger partial charge is 0.476 e. The molecule has 0 saturated heterocycles. The van der Waals surface area contributed by atoms with Gasteiger partial charge in [-0.25, -0.2) is 14.2 Å². The molecule has 0 aliphatic carbocycles. The second-order valence-electron chi connectivity index (χ2n) is 4.28. The van der Waals surface area contributed by atoms with E-state index in [4.69, 9.17) is 5.73 Å². The molecular formula is C14H10FN3O2. The van der Waals surface area contributed by atoms with E-state index in [9.17, 15) is 14.3 Å². The Bertz CT molecular complexity index is 826. The van der Waals surface area contributed by atoms with Crippen molar-refractivity contribution in [2.24, 2.45) is 0 Å². The monoisotopic (exact) mass is 271 g/mol. The van der Waals surface area contributed by atoms with Crippen LogP contribution in [0.2, 0.25) is 0 Å². The maximum absolute atomic E-state index is 13.9. The molecule has 6 heteroatoms. The summed E-state index contributed by atoms with van der Waals surface area (Å²) in [6.45, 7) is 0. The van der Waals surface area contributed by atoms with Crippen LogP contribution in [0.5, 0.6) is 0 Å². The van der Waals surface area contributed by atoms with Gasteiger partial charge < -0.3 is 10.8 Å². The molecular weight excluding hydrogens is 261 g/mol. The van der Waals surface area contributed by atoms with Gasteiger partial charge in [0.2, 0.25) is 0 Å². The van der Waals surface area contributed by atoms with Gasteiger partial charge in [-0.05, 0) is 24.3 Å². The molecule has 0 aliphatic heterocycles. The lowest BCUT2D eigenvalue weighted by Crippen LogP contribution is -1.97. The third-order valence-corrected chi connectivity index (χ3v) is 2.98. The molecule has 0 radical (unpaired) electrons. The van der Waals surface area contributed by atoms with E-state index in [-0.39, 0.29) is 17.1 Å². The van der Waals surface area contributed by atoms with Crippen molar-refractivity contribution in [1.29, 1.82) is 0 Å². The summed E-state index contributed by atoms with van der Waals surface area (Å²) in [4.78, 5) is 15.3. The molecule has 0 amide bonds. The summed E-state index contributed by atoms with van der Waals surface area (Å²) in [5.41, 5.74) is 6.49. The fraction of sp³-hybridized carbons (Fsp3) is 0. The quantitative estimate of drug-likeness (QED) is 0.750. The molecule has 0 bridgehead atoms. The lowest BCUT2D eigenvalue weighted by molar-refractivity contribution is 0.0693. The summed E-state index contributed by atoms with van der Waals surface area (Å²) in [7, 11) is 0. The predicted octanol–water partition coefficient (Wildman–Crippen LogP) is 2.42. The summed E-state index contributed by atoms with van der Waals surface area (Å²) >= 11 is 0. The van der Waals surface area contributed by atoms with Gasteiger partial charge >= 0.3 is 5.97 Å². The number of carbonyl (C=O) groups is 1. The molecule has 0 spiro atoms. The van der Waals surface area contributed by atoms with Gasteiger partial charge in [0.1, 0.15) is 11.6 Å². The van der Waals surface area contributed by atoms with Crippen molar-refractivity contribution in [3.8, 4) is 11.4 Å². The first-order valence-corrected chi connectivity index (χ1v) is 5.83. The molecule has 5 nitrogen and oxygen atoms in total. The molecule has 3 rings (SSSR count). The van der Waals surface area contributed by atoms with E-state index in [1.54, 1.807) is 30.5 Å². The number of carboxylic acid groups (broad SMARTS) is 1. The summed E-state index contributed by atoms with van der Waals surface area (Å²) < 4.78 is 15.4. The highest BCUT2D eigenvalue weighted by Crippen LogP contribution is 2.26. The van der Waals surface area contributed by atoms with Crippen molar-refractivity contribution in [3.63, 3.8) is 0 Å². The number of halogens is 1. The average Bonchev–Trinajstić information content (AvgIpc) is 2.78. The zero-order valence-corrected chi connectivity index (χ0v) is 10.2. The number of imidazole rings is 1. The number of carboxylic acids is 1. The van der Waals surface area contributed by atoms with Crippen LogP contribution < -0.4 is 5.73 Å². The first-order valence-electron chi connectivity index (χ1n) is 5.83. The third-order valence-electron chi connectivity index (χ3n) is 2.98. The fourth-order valence-corrected chi connectivity index (χ4v) is 2.09. The number of pyridine rings is 1. The molecule has 20 heavy (non-hydrogen) atoms. The zero-order chi connectivity index (χ0) is 14.3. The van der Waals surface area contributed by atoms with Crippen LogP contribution in [0.15, 0.2) is 42.6 Å². The van der Waals surface area contributed by atoms with E-state index in [1.807, 2.05) is 0 Å². The molecule has 1 aromatic carbocycles. The van der Waals surface area contributed by atoms with Crippen molar-refractivity contribution in [3.05, 3.63) is 54.1 Å². The van der Waals surface area contributed by atoms with Crippen molar-refractivity contribution in [2.45, 2.75) is 0 Å². The molecule has 3 aromatic rings. The fourth-order valence-electron chi connectivity index (χ4n) is 2.09. The Hall–Kier alpha value is -2.89. The smallest absolute Gasteiger partial charge is 0.356 e. The molecule has 0 unspecified atom stereocenters. The van der Waals surface area contributed by atoms with Crippen LogP contribution in [0.1, 0.15) is 10.5 Å². The van der Waals surface area contributed by atoms with Gasteiger partial charge in [0, 0.05) is 11.9 Å². The molecule has 2 aromatic heterocycles. The Morgan fingerprint density at radius 3 is 2.75 bits per heavy atom. The van der Waals surface area contributed by atoms with E-state index in [0.717, 1.165) is 0 Å². The molecule has 0 atom stereocenters. The number of nitrogens with zero attached hydrogens (tertiary/aromatic N) is 2. The van der Waals surface area contributed by atoms with Gasteiger partial charge in [0.25, 0.3) is 0 Å². The highest BCUT2D eigenvalue weighted by atomic mass is 19.1. The molecule has 3 N–H and O–H groups in total. The van der Waals surface area contributed by atoms with Gasteiger partial charge in [-0.15, -0.1) is 0 Å². The Labute approximate surface area is 113 Å². The third kappa shape index (κ3) is 1.78. The number of nitrogen functional groups attached to an aromatic ring is 1. The van der Waals surface area contributed by atoms with Crippen LogP contribution in [-0.2, 0) is 0 Å². The minimum Gasteiger partial charge on any atom is -0.476 e. The van der Waals surface area contributed by atoms with E-state index in [1.165, 1.54) is 16.5 Å². The van der Waals surface area contributed by atoms with E-state index in [0.29, 0.717) is 11.2 Å². The predicted molar refractivity (Wildman–Crippen MR) is 72.0 cm³/mol. The lowest BCUT2D eigenvalue weighted by Gasteiger charge is -2.03. The van der Waals surface area contributed by atoms with Crippen LogP contribution in [-0.4, -0.2) is 20.5 Å². The maximum Gasteiger partial charge on any atom is 0.356 e. The maximum atomic E-state index is 13.9. The Morgan fingerprint density at radius 2 is 2.05 bits per heavy atom. The first kappa shape index (κ1) is 12.2. The molecule has 0 fully saturated rings. The average molecular weight is 271 g/mol. The topological polar surface area (TPSA) is 80.6 Å². The van der Waals surface area contributed by atoms with Gasteiger partial charge in [-0.3, -0.25) is 4.40 Å². The first-order chi connectivity index (χ1) is 9.58. The Morgan fingerprint density at radius 1 is 1.30 bits per heavy atom. The van der Waals surface area contributed by atoms with Crippen molar-refractivity contribution in [1.82, 2.24) is 9.38 Å². The van der Waals surface area contributed by atoms with Gasteiger partial charge in [0.05, 0.1) is 11.1 Å². The Kier molecular flexibility index (Phi) is 2.64. The number of aromatic nitrogens is 2. The molecule has 0 aliphatic rings. The number of anilines is 1. The summed E-state index contributed by atoms with van der Waals surface area (Å²) in [5.74, 6) is -1.42. The van der Waals surface area contributed by atoms with Crippen molar-refractivity contribution in [2.75, 3.05) is 5.73 Å². The van der Waals surface area contributed by atoms with Crippen molar-refractivity contribution < 1.29 is 14.3 Å². The highest BCUT2D eigenvalue weighted by molar-refractivity contribution is 5.95. The molecule has 100 valence electrons. The minimum absolute atomic E-state index is 0.157. The molecule has 2 heterocycles. The number of nitrogens with two attached hydrogens (primary N) is 1. The van der Waals surface area contributed by atoms with Crippen LogP contribution in [0.3, 0.4) is 0 Å². The van der Waals surface area contributed by atoms with E-state index in [2.05, 4.69) is 4.98 Å². The zero-order valence-electron chi connectivity index (χ0n) is 10.2. The summed E-state index contributed by atoms with van der Waals surface area (Å²) in [5, 5.41) is 9.19. The van der Waals surface area contributed by atoms with Crippen LogP contribution in [0.4, 0.5) is 10.1 Å². The summed E-state index contributed by atoms with van der Waals surface area (Å²) in [6.07, 6.45) is 1.58. The van der Waals surface area contributed by atoms with Crippen LogP contribution in [0, 0.1) is 5.82 Å². The second-order valence-corrected chi connectivity index (χ2v) is 4.28. The van der Waals surface area contributed by atoms with E-state index < -0.39 is 11.8 Å². The Balaban J connectivity index is 2.38. The van der Waals surface area contributed by atoms with Crippen molar-refractivity contribution >= 4 is 17.2 Å². The highest BCUT2D eigenvalue weighted by Gasteiger charge is 2.19. The van der Waals surface area contributed by atoms with Gasteiger partial charge in [0.15, 0.2) is 5.69 Å². The van der Waals surface area contributed by atoms with E-state index >= 15 is 0 Å². The lowest BCUT2D eigenvalue weighted by atomic mass is 10.2. The number of fused-ring (bicyclic) bond motifs is 1. The van der Waals surface area contributed by atoms with Gasteiger partial charge in [-0.2, -0.15) is 0 Å². The number of benzene rings is 1. The molecule has 0 saturated carbocycles. The number of hydrogen-bond donors (Lipinski definition) is 2. The normalized spacial score (nSPS) is 10.8. The SMILES string of the molecule is Nc1ccn2c(-c3ccccc3F)nc(C(=O)O)c2c1. The number of rotatable bonds is 2. The van der Waals surface area contributed by atoms with Crippen LogP contribution >= 0.6 is 0 Å².